The van der Waals surface area contributed by atoms with E-state index in [1.165, 1.54) is 36.0 Å². The summed E-state index contributed by atoms with van der Waals surface area (Å²) in [6.45, 7) is 6.23. The number of nitrogens with zero attached hydrogens (tertiary/aromatic N) is 2. The van der Waals surface area contributed by atoms with Gasteiger partial charge in [0.2, 0.25) is 5.91 Å². The molecule has 1 N–H and O–H groups in total. The van der Waals surface area contributed by atoms with Crippen molar-refractivity contribution in [1.29, 1.82) is 0 Å². The minimum absolute atomic E-state index is 0.159. The van der Waals surface area contributed by atoms with Gasteiger partial charge in [-0.1, -0.05) is 30.0 Å². The fourth-order valence-electron chi connectivity index (χ4n) is 2.44. The average molecular weight is 355 g/mol. The third-order valence-electron chi connectivity index (χ3n) is 3.69. The minimum Gasteiger partial charge on any atom is -0.325 e. The molecule has 0 radical (unpaired) electrons. The van der Waals surface area contributed by atoms with Crippen LogP contribution in [0.2, 0.25) is 0 Å². The lowest BCUT2D eigenvalue weighted by atomic mass is 10.3. The summed E-state index contributed by atoms with van der Waals surface area (Å²) in [7, 11) is 0. The topological polar surface area (TPSA) is 46.9 Å². The molecule has 0 aliphatic heterocycles. The number of hydrogen-bond donors (Lipinski definition) is 1. The first-order valence-corrected chi connectivity index (χ1v) is 8.75. The van der Waals surface area contributed by atoms with Crippen LogP contribution in [0, 0.1) is 5.82 Å². The Hall–Kier alpha value is -2.60. The van der Waals surface area contributed by atoms with E-state index in [2.05, 4.69) is 16.9 Å². The van der Waals surface area contributed by atoms with E-state index >= 15 is 0 Å². The first-order valence-electron chi connectivity index (χ1n) is 7.87. The summed E-state index contributed by atoms with van der Waals surface area (Å²) in [5.41, 5.74) is 2.47. The highest BCUT2D eigenvalue weighted by atomic mass is 32.2. The smallest absolute Gasteiger partial charge is 0.237 e. The van der Waals surface area contributed by atoms with E-state index in [4.69, 9.17) is 0 Å². The van der Waals surface area contributed by atoms with E-state index in [9.17, 15) is 9.18 Å². The van der Waals surface area contributed by atoms with Crippen LogP contribution in [0.4, 0.5) is 10.1 Å². The van der Waals surface area contributed by atoms with Crippen molar-refractivity contribution in [1.82, 2.24) is 9.55 Å². The number of para-hydroxylation sites is 2. The van der Waals surface area contributed by atoms with Gasteiger partial charge in [-0.15, -0.1) is 6.58 Å². The molecule has 25 heavy (non-hydrogen) atoms. The van der Waals surface area contributed by atoms with Crippen molar-refractivity contribution < 1.29 is 9.18 Å². The number of rotatable bonds is 6. The molecule has 1 aromatic heterocycles. The van der Waals surface area contributed by atoms with Gasteiger partial charge in [0.05, 0.1) is 16.3 Å². The molecule has 4 nitrogen and oxygen atoms in total. The Kier molecular flexibility index (Phi) is 5.19. The van der Waals surface area contributed by atoms with Crippen LogP contribution in [0.15, 0.2) is 66.3 Å². The maximum atomic E-state index is 13.0. The first-order chi connectivity index (χ1) is 12.1. The van der Waals surface area contributed by atoms with Crippen molar-refractivity contribution in [2.45, 2.75) is 23.9 Å². The van der Waals surface area contributed by atoms with Gasteiger partial charge in [-0.2, -0.15) is 0 Å². The van der Waals surface area contributed by atoms with Crippen molar-refractivity contribution in [2.24, 2.45) is 0 Å². The third-order valence-corrected chi connectivity index (χ3v) is 4.78. The van der Waals surface area contributed by atoms with Crippen LogP contribution in [0.25, 0.3) is 11.0 Å². The number of halogens is 1. The highest BCUT2D eigenvalue weighted by Crippen LogP contribution is 2.28. The highest BCUT2D eigenvalue weighted by molar-refractivity contribution is 8.00. The molecule has 128 valence electrons. The van der Waals surface area contributed by atoms with Gasteiger partial charge < -0.3 is 9.88 Å². The molecule has 0 aliphatic rings. The molecule has 0 spiro atoms. The number of carbonyl (C=O) groups is 1. The van der Waals surface area contributed by atoms with Crippen molar-refractivity contribution in [2.75, 3.05) is 5.32 Å². The Morgan fingerprint density at radius 2 is 2.04 bits per heavy atom. The number of fused-ring (bicyclic) bond motifs is 1. The average Bonchev–Trinajstić information content (AvgIpc) is 2.95. The molecule has 3 aromatic rings. The van der Waals surface area contributed by atoms with Crippen molar-refractivity contribution in [3.05, 3.63) is 67.0 Å². The zero-order chi connectivity index (χ0) is 17.8. The van der Waals surface area contributed by atoms with Crippen molar-refractivity contribution >= 4 is 34.4 Å². The minimum atomic E-state index is -0.356. The number of aromatic nitrogens is 2. The van der Waals surface area contributed by atoms with E-state index < -0.39 is 0 Å². The maximum absolute atomic E-state index is 13.0. The lowest BCUT2D eigenvalue weighted by Crippen LogP contribution is -2.22. The highest BCUT2D eigenvalue weighted by Gasteiger charge is 2.19. The molecule has 0 bridgehead atoms. The number of imidazole rings is 1. The number of allylic oxidation sites excluding steroid dienone is 1. The number of anilines is 1. The second-order valence-electron chi connectivity index (χ2n) is 5.54. The Bertz CT molecular complexity index is 905. The van der Waals surface area contributed by atoms with Crippen LogP contribution >= 0.6 is 11.8 Å². The number of amides is 1. The summed E-state index contributed by atoms with van der Waals surface area (Å²) in [5, 5.41) is 3.20. The van der Waals surface area contributed by atoms with Gasteiger partial charge in [-0.3, -0.25) is 4.79 Å². The summed E-state index contributed by atoms with van der Waals surface area (Å²) >= 11 is 1.38. The molecule has 0 aliphatic carbocycles. The maximum Gasteiger partial charge on any atom is 0.237 e. The Balaban J connectivity index is 1.77. The quantitative estimate of drug-likeness (QED) is 0.524. The zero-order valence-electron chi connectivity index (χ0n) is 13.8. The van der Waals surface area contributed by atoms with Gasteiger partial charge in [0, 0.05) is 12.2 Å². The second-order valence-corrected chi connectivity index (χ2v) is 6.85. The standard InChI is InChI=1S/C19H18FN3OS/c1-3-12-23-17-7-5-4-6-16(17)22-19(23)25-13(2)18(24)21-15-10-8-14(20)9-11-15/h3-11,13H,1,12H2,2H3,(H,21,24)/t13-/m0/s1. The van der Waals surface area contributed by atoms with Gasteiger partial charge in [0.1, 0.15) is 5.82 Å². The molecular weight excluding hydrogens is 337 g/mol. The number of hydrogen-bond acceptors (Lipinski definition) is 3. The SMILES string of the molecule is C=CCn1c(S[C@@H](C)C(=O)Nc2ccc(F)cc2)nc2ccccc21. The lowest BCUT2D eigenvalue weighted by Gasteiger charge is -2.12. The van der Waals surface area contributed by atoms with Gasteiger partial charge in [0.25, 0.3) is 0 Å². The fourth-order valence-corrected chi connectivity index (χ4v) is 3.37. The van der Waals surface area contributed by atoms with Crippen LogP contribution in [-0.4, -0.2) is 20.7 Å². The third kappa shape index (κ3) is 3.91. The molecule has 2 aromatic carbocycles. The summed E-state index contributed by atoms with van der Waals surface area (Å²) < 4.78 is 15.0. The van der Waals surface area contributed by atoms with Gasteiger partial charge in [0.15, 0.2) is 5.16 Å². The molecule has 3 rings (SSSR count). The number of thioether (sulfide) groups is 1. The molecule has 1 atom stereocenters. The molecule has 0 saturated carbocycles. The van der Waals surface area contributed by atoms with Crippen molar-refractivity contribution in [3.8, 4) is 0 Å². The van der Waals surface area contributed by atoms with Gasteiger partial charge in [-0.05, 0) is 43.3 Å². The van der Waals surface area contributed by atoms with E-state index in [1.807, 2.05) is 35.8 Å². The predicted molar refractivity (Wildman–Crippen MR) is 100 cm³/mol. The number of carbonyl (C=O) groups excluding carboxylic acids is 1. The zero-order valence-corrected chi connectivity index (χ0v) is 14.6. The van der Waals surface area contributed by atoms with Crippen LogP contribution in [0.1, 0.15) is 6.92 Å². The van der Waals surface area contributed by atoms with Gasteiger partial charge in [-0.25, -0.2) is 9.37 Å². The lowest BCUT2D eigenvalue weighted by molar-refractivity contribution is -0.115. The molecule has 6 heteroatoms. The monoisotopic (exact) mass is 355 g/mol. The molecule has 1 heterocycles. The van der Waals surface area contributed by atoms with Gasteiger partial charge >= 0.3 is 0 Å². The summed E-state index contributed by atoms with van der Waals surface area (Å²) in [6.07, 6.45) is 1.81. The molecular formula is C19H18FN3OS. The Morgan fingerprint density at radius 3 is 2.76 bits per heavy atom. The van der Waals surface area contributed by atoms with E-state index in [0.29, 0.717) is 12.2 Å². The molecule has 1 amide bonds. The normalized spacial score (nSPS) is 12.1. The Morgan fingerprint density at radius 1 is 1.32 bits per heavy atom. The summed E-state index contributed by atoms with van der Waals surface area (Å²) in [6, 6.07) is 13.6. The number of nitrogens with one attached hydrogen (secondary N) is 1. The predicted octanol–water partition coefficient (Wildman–Crippen LogP) is 4.48. The van der Waals surface area contributed by atoms with Crippen LogP contribution in [0.3, 0.4) is 0 Å². The number of benzene rings is 2. The summed E-state index contributed by atoms with van der Waals surface area (Å²) in [4.78, 5) is 17.0. The van der Waals surface area contributed by atoms with Crippen LogP contribution in [0.5, 0.6) is 0 Å². The van der Waals surface area contributed by atoms with Crippen LogP contribution in [-0.2, 0) is 11.3 Å². The largest absolute Gasteiger partial charge is 0.325 e. The van der Waals surface area contributed by atoms with E-state index in [-0.39, 0.29) is 17.0 Å². The first kappa shape index (κ1) is 17.2. The molecule has 0 unspecified atom stereocenters. The Labute approximate surface area is 149 Å². The van der Waals surface area contributed by atoms with E-state index in [0.717, 1.165) is 16.2 Å². The van der Waals surface area contributed by atoms with Crippen LogP contribution < -0.4 is 5.32 Å². The van der Waals surface area contributed by atoms with E-state index in [1.54, 1.807) is 6.08 Å². The molecule has 0 saturated heterocycles. The fraction of sp³-hybridized carbons (Fsp3) is 0.158. The second kappa shape index (κ2) is 7.53. The molecule has 0 fully saturated rings. The van der Waals surface area contributed by atoms with Crippen molar-refractivity contribution in [3.63, 3.8) is 0 Å². The summed E-state index contributed by atoms with van der Waals surface area (Å²) in [5.74, 6) is -0.493.